The van der Waals surface area contributed by atoms with E-state index in [1.165, 1.54) is 6.92 Å². The number of amides is 2. The van der Waals surface area contributed by atoms with Crippen molar-refractivity contribution >= 4 is 11.8 Å². The number of aromatic nitrogens is 5. The molecule has 0 spiro atoms. The summed E-state index contributed by atoms with van der Waals surface area (Å²) in [4.78, 5) is 30.9. The van der Waals surface area contributed by atoms with Crippen molar-refractivity contribution in [2.24, 2.45) is 7.05 Å². The lowest BCUT2D eigenvalue weighted by atomic mass is 10.1. The highest BCUT2D eigenvalue weighted by atomic mass is 16.2. The fourth-order valence-corrected chi connectivity index (χ4v) is 3.55. The van der Waals surface area contributed by atoms with E-state index in [2.05, 4.69) is 25.6 Å². The minimum atomic E-state index is -0.311. The van der Waals surface area contributed by atoms with E-state index >= 15 is 0 Å². The predicted octanol–water partition coefficient (Wildman–Crippen LogP) is 1.30. The van der Waals surface area contributed by atoms with Gasteiger partial charge < -0.3 is 10.2 Å². The van der Waals surface area contributed by atoms with Crippen LogP contribution in [0.2, 0.25) is 0 Å². The van der Waals surface area contributed by atoms with Crippen molar-refractivity contribution in [2.75, 3.05) is 6.54 Å². The van der Waals surface area contributed by atoms with E-state index in [0.29, 0.717) is 30.2 Å². The molecule has 2 amide bonds. The molecule has 0 aliphatic carbocycles. The molecule has 1 aromatic carbocycles. The molecule has 1 aliphatic rings. The molecule has 1 aliphatic heterocycles. The lowest BCUT2D eigenvalue weighted by Crippen LogP contribution is -2.37. The van der Waals surface area contributed by atoms with Crippen LogP contribution in [0, 0.1) is 0 Å². The summed E-state index contributed by atoms with van der Waals surface area (Å²) in [6.07, 6.45) is 3.79. The molecule has 2 aromatic heterocycles. The van der Waals surface area contributed by atoms with Crippen LogP contribution in [0.1, 0.15) is 35.6 Å². The van der Waals surface area contributed by atoms with Gasteiger partial charge >= 0.3 is 0 Å². The third-order valence-corrected chi connectivity index (χ3v) is 4.77. The highest BCUT2D eigenvalue weighted by molar-refractivity contribution is 5.94. The number of aryl methyl sites for hydroxylation is 1. The first-order valence-electron chi connectivity index (χ1n) is 9.05. The van der Waals surface area contributed by atoms with Crippen LogP contribution in [0.5, 0.6) is 0 Å². The number of likely N-dealkylation sites (tertiary alicyclic amines) is 1. The zero-order chi connectivity index (χ0) is 19.7. The van der Waals surface area contributed by atoms with E-state index in [4.69, 9.17) is 0 Å². The van der Waals surface area contributed by atoms with Gasteiger partial charge in [-0.15, -0.1) is 0 Å². The van der Waals surface area contributed by atoms with Crippen LogP contribution in [-0.2, 0) is 11.8 Å². The van der Waals surface area contributed by atoms with Crippen molar-refractivity contribution in [3.05, 3.63) is 54.1 Å². The minimum absolute atomic E-state index is 0.123. The lowest BCUT2D eigenvalue weighted by molar-refractivity contribution is -0.119. The highest BCUT2D eigenvalue weighted by Gasteiger charge is 2.39. The van der Waals surface area contributed by atoms with Gasteiger partial charge in [-0.3, -0.25) is 19.4 Å². The smallest absolute Gasteiger partial charge is 0.257 e. The van der Waals surface area contributed by atoms with Crippen molar-refractivity contribution < 1.29 is 9.59 Å². The lowest BCUT2D eigenvalue weighted by Gasteiger charge is -2.22. The first kappa shape index (κ1) is 17.9. The molecule has 2 N–H and O–H groups in total. The summed E-state index contributed by atoms with van der Waals surface area (Å²) in [5.41, 5.74) is 1.39. The summed E-state index contributed by atoms with van der Waals surface area (Å²) < 4.78 is 1.59. The third kappa shape index (κ3) is 3.51. The summed E-state index contributed by atoms with van der Waals surface area (Å²) >= 11 is 0. The molecule has 28 heavy (non-hydrogen) atoms. The maximum Gasteiger partial charge on any atom is 0.257 e. The molecule has 3 aromatic rings. The van der Waals surface area contributed by atoms with Gasteiger partial charge in [-0.1, -0.05) is 30.3 Å². The van der Waals surface area contributed by atoms with Crippen LogP contribution in [-0.4, -0.2) is 54.3 Å². The number of hydrogen-bond acceptors (Lipinski definition) is 5. The molecule has 0 unspecified atom stereocenters. The molecule has 0 bridgehead atoms. The number of carbonyl (C=O) groups is 2. The fourth-order valence-electron chi connectivity index (χ4n) is 3.55. The minimum Gasteiger partial charge on any atom is -0.352 e. The van der Waals surface area contributed by atoms with Crippen LogP contribution >= 0.6 is 0 Å². The third-order valence-electron chi connectivity index (χ3n) is 4.77. The second-order valence-electron chi connectivity index (χ2n) is 6.92. The summed E-state index contributed by atoms with van der Waals surface area (Å²) in [7, 11) is 1.76. The normalized spacial score (nSPS) is 19.0. The summed E-state index contributed by atoms with van der Waals surface area (Å²) in [6, 6.07) is 9.18. The maximum atomic E-state index is 13.0. The Kier molecular flexibility index (Phi) is 4.64. The molecule has 1 fully saturated rings. The summed E-state index contributed by atoms with van der Waals surface area (Å²) in [5, 5.41) is 14.3. The first-order valence-corrected chi connectivity index (χ1v) is 9.05. The number of hydrogen-bond donors (Lipinski definition) is 2. The molecule has 0 radical (unpaired) electrons. The number of aromatic amines is 1. The van der Waals surface area contributed by atoms with Gasteiger partial charge in [0.2, 0.25) is 5.91 Å². The number of nitrogens with one attached hydrogen (secondary N) is 2. The largest absolute Gasteiger partial charge is 0.352 e. The van der Waals surface area contributed by atoms with E-state index in [0.717, 1.165) is 5.56 Å². The van der Waals surface area contributed by atoms with E-state index in [9.17, 15) is 9.59 Å². The molecule has 9 heteroatoms. The van der Waals surface area contributed by atoms with E-state index in [1.807, 2.05) is 30.3 Å². The molecule has 144 valence electrons. The Morgan fingerprint density at radius 2 is 2.04 bits per heavy atom. The Morgan fingerprint density at radius 3 is 2.71 bits per heavy atom. The molecule has 2 atom stereocenters. The van der Waals surface area contributed by atoms with Crippen molar-refractivity contribution in [3.8, 4) is 11.4 Å². The van der Waals surface area contributed by atoms with Gasteiger partial charge in [0.1, 0.15) is 5.82 Å². The topological polar surface area (TPSA) is 109 Å². The Hall–Kier alpha value is -3.49. The van der Waals surface area contributed by atoms with Crippen LogP contribution < -0.4 is 5.32 Å². The van der Waals surface area contributed by atoms with E-state index in [1.54, 1.807) is 29.0 Å². The van der Waals surface area contributed by atoms with Crippen LogP contribution in [0.25, 0.3) is 11.4 Å². The van der Waals surface area contributed by atoms with Gasteiger partial charge in [-0.05, 0) is 6.42 Å². The van der Waals surface area contributed by atoms with E-state index < -0.39 is 0 Å². The van der Waals surface area contributed by atoms with Crippen molar-refractivity contribution in [1.29, 1.82) is 0 Å². The van der Waals surface area contributed by atoms with Gasteiger partial charge in [0.05, 0.1) is 17.8 Å². The van der Waals surface area contributed by atoms with E-state index in [-0.39, 0.29) is 23.9 Å². The number of H-pyrrole nitrogens is 1. The van der Waals surface area contributed by atoms with Gasteiger partial charge in [0.15, 0.2) is 5.82 Å². The Labute approximate surface area is 161 Å². The van der Waals surface area contributed by atoms with Gasteiger partial charge in [0.25, 0.3) is 5.91 Å². The Balaban J connectivity index is 1.63. The standard InChI is InChI=1S/C19H21N7O2/c1-12(27)21-15-8-16(26(11-15)19(28)14-9-20-25(2)10-14)18-22-17(23-24-18)13-6-4-3-5-7-13/h3-7,9-10,15-16H,8,11H2,1-2H3,(H,21,27)(H,22,23,24)/t15-,16-/m0/s1. The second-order valence-corrected chi connectivity index (χ2v) is 6.92. The number of carbonyl (C=O) groups excluding carboxylic acids is 2. The SMILES string of the molecule is CC(=O)N[C@H]1C[C@@H](c2nc(-c3ccccc3)n[nH]2)N(C(=O)c2cnn(C)c2)C1. The number of rotatable bonds is 4. The molecule has 9 nitrogen and oxygen atoms in total. The number of benzene rings is 1. The molecule has 1 saturated heterocycles. The van der Waals surface area contributed by atoms with Gasteiger partial charge in [0, 0.05) is 38.3 Å². The number of nitrogens with zero attached hydrogens (tertiary/aromatic N) is 5. The van der Waals surface area contributed by atoms with Crippen LogP contribution in [0.15, 0.2) is 42.7 Å². The van der Waals surface area contributed by atoms with Crippen molar-refractivity contribution in [2.45, 2.75) is 25.4 Å². The average Bonchev–Trinajstić information content (AvgIpc) is 3.40. The van der Waals surface area contributed by atoms with Crippen molar-refractivity contribution in [3.63, 3.8) is 0 Å². The average molecular weight is 379 g/mol. The zero-order valence-electron chi connectivity index (χ0n) is 15.7. The molecule has 0 saturated carbocycles. The van der Waals surface area contributed by atoms with Crippen LogP contribution in [0.4, 0.5) is 0 Å². The molecule has 3 heterocycles. The molecular weight excluding hydrogens is 358 g/mol. The molecule has 4 rings (SSSR count). The first-order chi connectivity index (χ1) is 13.5. The van der Waals surface area contributed by atoms with Crippen LogP contribution in [0.3, 0.4) is 0 Å². The predicted molar refractivity (Wildman–Crippen MR) is 101 cm³/mol. The monoisotopic (exact) mass is 379 g/mol. The fraction of sp³-hybridized carbons (Fsp3) is 0.316. The maximum absolute atomic E-state index is 13.0. The zero-order valence-corrected chi connectivity index (χ0v) is 15.7. The quantitative estimate of drug-likeness (QED) is 0.710. The second kappa shape index (κ2) is 7.26. The highest BCUT2D eigenvalue weighted by Crippen LogP contribution is 2.32. The summed E-state index contributed by atoms with van der Waals surface area (Å²) in [6.45, 7) is 1.88. The van der Waals surface area contributed by atoms with Gasteiger partial charge in [-0.2, -0.15) is 10.2 Å². The Bertz CT molecular complexity index is 995. The van der Waals surface area contributed by atoms with Crippen molar-refractivity contribution in [1.82, 2.24) is 35.2 Å². The summed E-state index contributed by atoms with van der Waals surface area (Å²) in [5.74, 6) is 0.905. The Morgan fingerprint density at radius 1 is 1.25 bits per heavy atom. The van der Waals surface area contributed by atoms with Gasteiger partial charge in [-0.25, -0.2) is 4.98 Å². The molecular formula is C19H21N7O2.